The molecule has 0 aliphatic heterocycles. The second-order valence-electron chi connectivity index (χ2n) is 3.40. The molecule has 0 amide bonds. The molecule has 1 heterocycles. The average molecular weight is 250 g/mol. The van der Waals surface area contributed by atoms with E-state index in [0.717, 1.165) is 0 Å². The molecule has 0 saturated heterocycles. The van der Waals surface area contributed by atoms with Crippen LogP contribution in [0.4, 0.5) is 0 Å². The van der Waals surface area contributed by atoms with Gasteiger partial charge in [-0.15, -0.1) is 0 Å². The van der Waals surface area contributed by atoms with Crippen LogP contribution in [0.1, 0.15) is 5.69 Å². The molecule has 0 radical (unpaired) electrons. The van der Waals surface area contributed by atoms with Crippen molar-refractivity contribution in [2.45, 2.75) is 6.54 Å². The van der Waals surface area contributed by atoms with Gasteiger partial charge in [0.1, 0.15) is 6.26 Å². The van der Waals surface area contributed by atoms with Crippen molar-refractivity contribution < 1.29 is 18.6 Å². The fourth-order valence-corrected chi connectivity index (χ4v) is 1.43. The highest BCUT2D eigenvalue weighted by molar-refractivity contribution is 5.51. The lowest BCUT2D eigenvalue weighted by Gasteiger charge is -2.11. The van der Waals surface area contributed by atoms with Crippen molar-refractivity contribution in [1.82, 2.24) is 4.98 Å². The Hall–Kier alpha value is -2.21. The Morgan fingerprint density at radius 2 is 1.89 bits per heavy atom. The van der Waals surface area contributed by atoms with E-state index in [1.54, 1.807) is 32.4 Å². The molecular formula is C12H14N2O4. The molecule has 0 fully saturated rings. The maximum absolute atomic E-state index is 5.52. The highest BCUT2D eigenvalue weighted by Crippen LogP contribution is 2.39. The Morgan fingerprint density at radius 1 is 1.22 bits per heavy atom. The summed E-state index contributed by atoms with van der Waals surface area (Å²) < 4.78 is 21.0. The average Bonchev–Trinajstić information content (AvgIpc) is 2.86. The van der Waals surface area contributed by atoms with Gasteiger partial charge in [0, 0.05) is 6.54 Å². The number of para-hydroxylation sites is 1. The van der Waals surface area contributed by atoms with Crippen LogP contribution in [0.15, 0.2) is 28.9 Å². The number of hydrogen-bond acceptors (Lipinski definition) is 6. The zero-order chi connectivity index (χ0) is 13.0. The first-order valence-electron chi connectivity index (χ1n) is 5.31. The van der Waals surface area contributed by atoms with E-state index < -0.39 is 0 Å². The Bertz CT molecular complexity index is 502. The van der Waals surface area contributed by atoms with Crippen molar-refractivity contribution in [1.29, 1.82) is 0 Å². The van der Waals surface area contributed by atoms with Crippen LogP contribution >= 0.6 is 0 Å². The normalized spacial score (nSPS) is 10.2. The van der Waals surface area contributed by atoms with Gasteiger partial charge in [-0.3, -0.25) is 0 Å². The summed E-state index contributed by atoms with van der Waals surface area (Å²) in [4.78, 5) is 4.05. The molecule has 18 heavy (non-hydrogen) atoms. The molecule has 2 N–H and O–H groups in total. The monoisotopic (exact) mass is 250 g/mol. The maximum Gasteiger partial charge on any atom is 0.399 e. The van der Waals surface area contributed by atoms with E-state index >= 15 is 0 Å². The van der Waals surface area contributed by atoms with E-state index in [9.17, 15) is 0 Å². The van der Waals surface area contributed by atoms with Crippen LogP contribution in [0.5, 0.6) is 23.3 Å². The lowest BCUT2D eigenvalue weighted by atomic mass is 10.3. The molecule has 2 rings (SSSR count). The fraction of sp³-hybridized carbons (Fsp3) is 0.250. The summed E-state index contributed by atoms with van der Waals surface area (Å²) in [6, 6.07) is 5.31. The molecule has 0 aliphatic rings. The van der Waals surface area contributed by atoms with Crippen LogP contribution < -0.4 is 19.9 Å². The van der Waals surface area contributed by atoms with Gasteiger partial charge in [0.25, 0.3) is 0 Å². The SMILES string of the molecule is COc1cccc(OC)c1Oc1nc(CN)co1. The van der Waals surface area contributed by atoms with Gasteiger partial charge in [0.05, 0.1) is 19.9 Å². The summed E-state index contributed by atoms with van der Waals surface area (Å²) in [6.45, 7) is 0.288. The Balaban J connectivity index is 2.31. The summed E-state index contributed by atoms with van der Waals surface area (Å²) in [6.07, 6.45) is 1.54. The number of hydrogen-bond donors (Lipinski definition) is 1. The first kappa shape index (κ1) is 12.3. The number of benzene rings is 1. The predicted molar refractivity (Wildman–Crippen MR) is 64.0 cm³/mol. The van der Waals surface area contributed by atoms with Crippen molar-refractivity contribution in [3.05, 3.63) is 30.2 Å². The number of aromatic nitrogens is 1. The van der Waals surface area contributed by atoms with Gasteiger partial charge in [-0.05, 0) is 12.1 Å². The van der Waals surface area contributed by atoms with Crippen LogP contribution in [-0.2, 0) is 6.54 Å². The third kappa shape index (κ3) is 2.38. The Kier molecular flexibility index (Phi) is 3.69. The number of nitrogens with two attached hydrogens (primary N) is 1. The lowest BCUT2D eigenvalue weighted by Crippen LogP contribution is -1.97. The third-order valence-corrected chi connectivity index (χ3v) is 2.31. The molecule has 6 heteroatoms. The number of rotatable bonds is 5. The minimum Gasteiger partial charge on any atom is -0.493 e. The number of ether oxygens (including phenoxy) is 3. The maximum atomic E-state index is 5.52. The molecule has 0 spiro atoms. The molecule has 1 aromatic carbocycles. The quantitative estimate of drug-likeness (QED) is 0.873. The van der Waals surface area contributed by atoms with Crippen LogP contribution in [0.2, 0.25) is 0 Å². The van der Waals surface area contributed by atoms with Gasteiger partial charge in [0.2, 0.25) is 5.75 Å². The summed E-state index contributed by atoms with van der Waals surface area (Å²) >= 11 is 0. The molecule has 1 aromatic heterocycles. The second-order valence-corrected chi connectivity index (χ2v) is 3.40. The Labute approximate surface area is 104 Å². The van der Waals surface area contributed by atoms with Crippen LogP contribution in [-0.4, -0.2) is 19.2 Å². The molecule has 0 unspecified atom stereocenters. The number of methoxy groups -OCH3 is 2. The summed E-state index contributed by atoms with van der Waals surface area (Å²) in [5, 5.41) is 0. The summed E-state index contributed by atoms with van der Waals surface area (Å²) in [5.41, 5.74) is 6.05. The van der Waals surface area contributed by atoms with E-state index in [4.69, 9.17) is 24.4 Å². The van der Waals surface area contributed by atoms with Crippen LogP contribution in [0, 0.1) is 0 Å². The molecule has 6 nitrogen and oxygen atoms in total. The van der Waals surface area contributed by atoms with Crippen molar-refractivity contribution in [2.24, 2.45) is 5.73 Å². The van der Waals surface area contributed by atoms with Crippen molar-refractivity contribution in [3.8, 4) is 23.3 Å². The Morgan fingerprint density at radius 3 is 2.39 bits per heavy atom. The van der Waals surface area contributed by atoms with Crippen molar-refractivity contribution in [3.63, 3.8) is 0 Å². The third-order valence-electron chi connectivity index (χ3n) is 2.31. The zero-order valence-corrected chi connectivity index (χ0v) is 10.2. The van der Waals surface area contributed by atoms with Crippen LogP contribution in [0.25, 0.3) is 0 Å². The van der Waals surface area contributed by atoms with Crippen molar-refractivity contribution >= 4 is 0 Å². The molecule has 0 atom stereocenters. The van der Waals surface area contributed by atoms with E-state index in [1.807, 2.05) is 0 Å². The molecule has 96 valence electrons. The van der Waals surface area contributed by atoms with E-state index in [-0.39, 0.29) is 12.6 Å². The first-order valence-corrected chi connectivity index (χ1v) is 5.31. The van der Waals surface area contributed by atoms with Gasteiger partial charge >= 0.3 is 6.08 Å². The van der Waals surface area contributed by atoms with Gasteiger partial charge < -0.3 is 24.4 Å². The number of oxazole rings is 1. The minimum atomic E-state index is 0.0956. The largest absolute Gasteiger partial charge is 0.493 e. The number of nitrogens with zero attached hydrogens (tertiary/aromatic N) is 1. The summed E-state index contributed by atoms with van der Waals surface area (Å²) in [7, 11) is 3.09. The molecule has 0 bridgehead atoms. The molecule has 0 saturated carbocycles. The van der Waals surface area contributed by atoms with Gasteiger partial charge in [-0.2, -0.15) is 4.98 Å². The van der Waals surface area contributed by atoms with Crippen molar-refractivity contribution in [2.75, 3.05) is 14.2 Å². The highest BCUT2D eigenvalue weighted by Gasteiger charge is 2.15. The van der Waals surface area contributed by atoms with E-state index in [0.29, 0.717) is 22.9 Å². The van der Waals surface area contributed by atoms with Gasteiger partial charge in [0.15, 0.2) is 11.5 Å². The van der Waals surface area contributed by atoms with Gasteiger partial charge in [-0.1, -0.05) is 6.07 Å². The minimum absolute atomic E-state index is 0.0956. The first-order chi connectivity index (χ1) is 8.78. The standard InChI is InChI=1S/C12H14N2O4/c1-15-9-4-3-5-10(16-2)11(9)18-12-14-8(6-13)7-17-12/h3-5,7H,6,13H2,1-2H3. The summed E-state index contributed by atoms with van der Waals surface area (Å²) in [5.74, 6) is 1.47. The zero-order valence-electron chi connectivity index (χ0n) is 10.2. The topological polar surface area (TPSA) is 79.7 Å². The molecule has 2 aromatic rings. The molecule has 0 aliphatic carbocycles. The van der Waals surface area contributed by atoms with Gasteiger partial charge in [-0.25, -0.2) is 0 Å². The molecular weight excluding hydrogens is 236 g/mol. The smallest absolute Gasteiger partial charge is 0.399 e. The van der Waals surface area contributed by atoms with Crippen LogP contribution in [0.3, 0.4) is 0 Å². The predicted octanol–water partition coefficient (Wildman–Crippen LogP) is 1.94. The second kappa shape index (κ2) is 5.42. The fourth-order valence-electron chi connectivity index (χ4n) is 1.43. The highest BCUT2D eigenvalue weighted by atomic mass is 16.6. The van der Waals surface area contributed by atoms with E-state index in [1.165, 1.54) is 6.26 Å². The lowest BCUT2D eigenvalue weighted by molar-refractivity contribution is 0.292. The van der Waals surface area contributed by atoms with E-state index in [2.05, 4.69) is 4.98 Å².